The summed E-state index contributed by atoms with van der Waals surface area (Å²) in [7, 11) is 0. The molecule has 1 aliphatic rings. The van der Waals surface area contributed by atoms with Gasteiger partial charge in [-0.05, 0) is 56.9 Å². The first-order valence-electron chi connectivity index (χ1n) is 9.01. The lowest BCUT2D eigenvalue weighted by molar-refractivity contribution is -0.117. The third kappa shape index (κ3) is 4.53. The van der Waals surface area contributed by atoms with Crippen LogP contribution in [0.5, 0.6) is 0 Å². The lowest BCUT2D eigenvalue weighted by Crippen LogP contribution is -2.34. The number of anilines is 3. The van der Waals surface area contributed by atoms with Gasteiger partial charge in [0.25, 0.3) is 0 Å². The van der Waals surface area contributed by atoms with Crippen molar-refractivity contribution in [1.82, 2.24) is 5.16 Å². The van der Waals surface area contributed by atoms with Crippen molar-refractivity contribution < 1.29 is 9.32 Å². The van der Waals surface area contributed by atoms with Crippen LogP contribution >= 0.6 is 0 Å². The van der Waals surface area contributed by atoms with Crippen LogP contribution < -0.4 is 15.5 Å². The van der Waals surface area contributed by atoms with E-state index in [1.54, 1.807) is 13.0 Å². The minimum Gasteiger partial charge on any atom is -0.374 e. The molecule has 1 saturated heterocycles. The van der Waals surface area contributed by atoms with Crippen molar-refractivity contribution in [3.05, 3.63) is 36.1 Å². The highest BCUT2D eigenvalue weighted by Gasteiger charge is 2.18. The Bertz CT molecular complexity index is 690. The largest absolute Gasteiger partial charge is 0.374 e. The predicted molar refractivity (Wildman–Crippen MR) is 100 cm³/mol. The number of aromatic nitrogens is 1. The highest BCUT2D eigenvalue weighted by atomic mass is 16.5. The van der Waals surface area contributed by atoms with Crippen LogP contribution in [0.1, 0.15) is 38.4 Å². The number of amides is 1. The van der Waals surface area contributed by atoms with Crippen molar-refractivity contribution in [1.29, 1.82) is 0 Å². The number of hydrogen-bond acceptors (Lipinski definition) is 5. The Morgan fingerprint density at radius 2 is 1.96 bits per heavy atom. The molecule has 25 heavy (non-hydrogen) atoms. The second kappa shape index (κ2) is 8.05. The first-order chi connectivity index (χ1) is 12.2. The number of carbonyl (C=O) groups excluding carboxylic acids is 1. The van der Waals surface area contributed by atoms with Gasteiger partial charge in [-0.15, -0.1) is 0 Å². The van der Waals surface area contributed by atoms with Gasteiger partial charge in [0.1, 0.15) is 11.8 Å². The average molecular weight is 342 g/mol. The van der Waals surface area contributed by atoms with Crippen molar-refractivity contribution >= 4 is 23.1 Å². The highest BCUT2D eigenvalue weighted by molar-refractivity contribution is 5.95. The van der Waals surface area contributed by atoms with Crippen molar-refractivity contribution in [2.75, 3.05) is 28.6 Å². The molecule has 1 atom stereocenters. The SMILES string of the molecule is CCC(Nc1ccc(N2CCCCC2)cc1)C(=O)Nc1cc(C)on1. The zero-order valence-corrected chi connectivity index (χ0v) is 14.9. The maximum absolute atomic E-state index is 12.4. The third-order valence-corrected chi connectivity index (χ3v) is 4.53. The average Bonchev–Trinajstić information content (AvgIpc) is 3.05. The van der Waals surface area contributed by atoms with Gasteiger partial charge in [-0.2, -0.15) is 0 Å². The lowest BCUT2D eigenvalue weighted by Gasteiger charge is -2.29. The Labute approximate surface area is 148 Å². The van der Waals surface area contributed by atoms with Crippen LogP contribution in [0.4, 0.5) is 17.2 Å². The van der Waals surface area contributed by atoms with Crippen molar-refractivity contribution in [2.24, 2.45) is 0 Å². The van der Waals surface area contributed by atoms with Crippen molar-refractivity contribution in [2.45, 2.75) is 45.6 Å². The topological polar surface area (TPSA) is 70.4 Å². The fourth-order valence-electron chi connectivity index (χ4n) is 3.11. The Morgan fingerprint density at radius 3 is 2.56 bits per heavy atom. The van der Waals surface area contributed by atoms with E-state index in [0.717, 1.165) is 18.8 Å². The molecule has 1 amide bonds. The van der Waals surface area contributed by atoms with Crippen molar-refractivity contribution in [3.8, 4) is 0 Å². The van der Waals surface area contributed by atoms with Gasteiger partial charge in [0, 0.05) is 30.5 Å². The first kappa shape index (κ1) is 17.3. The molecule has 6 nitrogen and oxygen atoms in total. The van der Waals surface area contributed by atoms with Gasteiger partial charge in [-0.25, -0.2) is 0 Å². The van der Waals surface area contributed by atoms with Crippen LogP contribution in [0.2, 0.25) is 0 Å². The number of piperidine rings is 1. The van der Waals surface area contributed by atoms with E-state index in [4.69, 9.17) is 4.52 Å². The van der Waals surface area contributed by atoms with E-state index in [1.165, 1.54) is 24.9 Å². The summed E-state index contributed by atoms with van der Waals surface area (Å²) in [4.78, 5) is 14.8. The second-order valence-corrected chi connectivity index (χ2v) is 6.51. The quantitative estimate of drug-likeness (QED) is 0.835. The van der Waals surface area contributed by atoms with E-state index in [-0.39, 0.29) is 11.9 Å². The number of carbonyl (C=O) groups is 1. The summed E-state index contributed by atoms with van der Waals surface area (Å²) >= 11 is 0. The zero-order valence-electron chi connectivity index (χ0n) is 14.9. The molecule has 0 bridgehead atoms. The van der Waals surface area contributed by atoms with Crippen LogP contribution in [0.15, 0.2) is 34.9 Å². The summed E-state index contributed by atoms with van der Waals surface area (Å²) in [5.41, 5.74) is 2.19. The smallest absolute Gasteiger partial charge is 0.248 e. The number of nitrogens with zero attached hydrogens (tertiary/aromatic N) is 2. The van der Waals surface area contributed by atoms with Gasteiger partial charge >= 0.3 is 0 Å². The highest BCUT2D eigenvalue weighted by Crippen LogP contribution is 2.22. The van der Waals surface area contributed by atoms with E-state index < -0.39 is 0 Å². The summed E-state index contributed by atoms with van der Waals surface area (Å²) < 4.78 is 4.98. The molecule has 1 aromatic carbocycles. The normalized spacial score (nSPS) is 15.7. The molecular weight excluding hydrogens is 316 g/mol. The number of hydrogen-bond donors (Lipinski definition) is 2. The Balaban J connectivity index is 1.59. The van der Waals surface area contributed by atoms with Crippen LogP contribution in [0.3, 0.4) is 0 Å². The second-order valence-electron chi connectivity index (χ2n) is 6.51. The van der Waals surface area contributed by atoms with Gasteiger partial charge in [0.05, 0.1) is 0 Å². The molecule has 1 unspecified atom stereocenters. The van der Waals surface area contributed by atoms with Gasteiger partial charge in [0.2, 0.25) is 5.91 Å². The molecule has 2 aromatic rings. The van der Waals surface area contributed by atoms with E-state index in [2.05, 4.69) is 32.8 Å². The predicted octanol–water partition coefficient (Wildman–Crippen LogP) is 3.80. The number of benzene rings is 1. The van der Waals surface area contributed by atoms with Gasteiger partial charge in [-0.3, -0.25) is 4.79 Å². The molecule has 0 radical (unpaired) electrons. The van der Waals surface area contributed by atoms with E-state index in [0.29, 0.717) is 18.0 Å². The molecule has 1 fully saturated rings. The molecule has 6 heteroatoms. The maximum atomic E-state index is 12.4. The molecule has 0 aliphatic carbocycles. The lowest BCUT2D eigenvalue weighted by atomic mass is 10.1. The van der Waals surface area contributed by atoms with Crippen LogP contribution in [-0.4, -0.2) is 30.2 Å². The first-order valence-corrected chi connectivity index (χ1v) is 9.01. The van der Waals surface area contributed by atoms with E-state index in [9.17, 15) is 4.79 Å². The fourth-order valence-corrected chi connectivity index (χ4v) is 3.11. The third-order valence-electron chi connectivity index (χ3n) is 4.53. The summed E-state index contributed by atoms with van der Waals surface area (Å²) in [5, 5.41) is 9.88. The number of nitrogens with one attached hydrogen (secondary N) is 2. The van der Waals surface area contributed by atoms with Gasteiger partial charge in [0.15, 0.2) is 5.82 Å². The summed E-state index contributed by atoms with van der Waals surface area (Å²) in [5.74, 6) is 1.00. The molecule has 2 heterocycles. The summed E-state index contributed by atoms with van der Waals surface area (Å²) in [6.07, 6.45) is 4.53. The van der Waals surface area contributed by atoms with E-state index in [1.807, 2.05) is 19.1 Å². The summed E-state index contributed by atoms with van der Waals surface area (Å²) in [6, 6.07) is 9.72. The monoisotopic (exact) mass is 342 g/mol. The number of aryl methyl sites for hydroxylation is 1. The standard InChI is InChI=1S/C19H26N4O2/c1-3-17(19(24)21-18-13-14(2)25-22-18)20-15-7-9-16(10-8-15)23-11-5-4-6-12-23/h7-10,13,17,20H,3-6,11-12H2,1-2H3,(H,21,22,24). The van der Waals surface area contributed by atoms with Crippen LogP contribution in [0.25, 0.3) is 0 Å². The molecule has 3 rings (SSSR count). The van der Waals surface area contributed by atoms with Crippen LogP contribution in [0, 0.1) is 6.92 Å². The Kier molecular flexibility index (Phi) is 5.58. The molecular formula is C19H26N4O2. The zero-order chi connectivity index (χ0) is 17.6. The van der Waals surface area contributed by atoms with Crippen LogP contribution in [-0.2, 0) is 4.79 Å². The molecule has 134 valence electrons. The molecule has 0 saturated carbocycles. The van der Waals surface area contributed by atoms with Gasteiger partial charge in [-0.1, -0.05) is 12.1 Å². The molecule has 1 aromatic heterocycles. The maximum Gasteiger partial charge on any atom is 0.248 e. The molecule has 1 aliphatic heterocycles. The molecule has 0 spiro atoms. The number of rotatable bonds is 6. The summed E-state index contributed by atoms with van der Waals surface area (Å²) in [6.45, 7) is 6.03. The minimum atomic E-state index is -0.321. The Morgan fingerprint density at radius 1 is 1.24 bits per heavy atom. The van der Waals surface area contributed by atoms with Crippen molar-refractivity contribution in [3.63, 3.8) is 0 Å². The van der Waals surface area contributed by atoms with Gasteiger partial charge < -0.3 is 20.1 Å². The molecule has 2 N–H and O–H groups in total. The Hall–Kier alpha value is -2.50. The van der Waals surface area contributed by atoms with E-state index >= 15 is 0 Å². The fraction of sp³-hybridized carbons (Fsp3) is 0.474. The minimum absolute atomic E-state index is 0.115.